The summed E-state index contributed by atoms with van der Waals surface area (Å²) in [6, 6.07) is 2.06. The van der Waals surface area contributed by atoms with Crippen LogP contribution in [0, 0.1) is 19.3 Å². The minimum atomic E-state index is 0.264. The Morgan fingerprint density at radius 3 is 2.48 bits per heavy atom. The van der Waals surface area contributed by atoms with Gasteiger partial charge < -0.3 is 9.47 Å². The first-order valence-corrected chi connectivity index (χ1v) is 11.1. The van der Waals surface area contributed by atoms with Gasteiger partial charge in [0.1, 0.15) is 11.6 Å². The molecule has 2 aliphatic rings. The summed E-state index contributed by atoms with van der Waals surface area (Å²) in [6.45, 7) is 11.9. The van der Waals surface area contributed by atoms with E-state index in [1.54, 1.807) is 0 Å². The zero-order valence-corrected chi connectivity index (χ0v) is 18.3. The summed E-state index contributed by atoms with van der Waals surface area (Å²) in [7, 11) is 0. The van der Waals surface area contributed by atoms with E-state index in [0.29, 0.717) is 24.3 Å². The highest BCUT2D eigenvalue weighted by molar-refractivity contribution is 5.76. The minimum Gasteiger partial charge on any atom is -0.343 e. The third-order valence-corrected chi connectivity index (χ3v) is 6.93. The molecule has 1 spiro atoms. The van der Waals surface area contributed by atoms with Gasteiger partial charge in [0, 0.05) is 50.6 Å². The molecule has 7 nitrogen and oxygen atoms in total. The predicted octanol–water partition coefficient (Wildman–Crippen LogP) is 3.25. The molecule has 0 N–H and O–H groups in total. The van der Waals surface area contributed by atoms with Crippen LogP contribution in [-0.4, -0.2) is 48.4 Å². The highest BCUT2D eigenvalue weighted by Crippen LogP contribution is 2.42. The van der Waals surface area contributed by atoms with E-state index >= 15 is 0 Å². The van der Waals surface area contributed by atoms with Crippen LogP contribution in [0.25, 0.3) is 0 Å². The van der Waals surface area contributed by atoms with E-state index < -0.39 is 0 Å². The van der Waals surface area contributed by atoms with Crippen LogP contribution in [0.5, 0.6) is 0 Å². The van der Waals surface area contributed by atoms with Gasteiger partial charge in [-0.15, -0.1) is 10.2 Å². The Morgan fingerprint density at radius 1 is 1.10 bits per heavy atom. The van der Waals surface area contributed by atoms with Crippen molar-refractivity contribution in [3.8, 4) is 0 Å². The van der Waals surface area contributed by atoms with Crippen LogP contribution in [-0.2, 0) is 24.3 Å². The second kappa shape index (κ2) is 7.92. The fourth-order valence-corrected chi connectivity index (χ4v) is 5.05. The number of aromatic nitrogens is 5. The van der Waals surface area contributed by atoms with Gasteiger partial charge in [-0.2, -0.15) is 5.10 Å². The van der Waals surface area contributed by atoms with Crippen LogP contribution >= 0.6 is 0 Å². The van der Waals surface area contributed by atoms with Gasteiger partial charge in [-0.25, -0.2) is 0 Å². The number of piperidine rings is 1. The smallest absolute Gasteiger partial charge is 0.224 e. The fourth-order valence-electron chi connectivity index (χ4n) is 5.05. The summed E-state index contributed by atoms with van der Waals surface area (Å²) in [6.07, 6.45) is 6.09. The van der Waals surface area contributed by atoms with Crippen LogP contribution in [0.2, 0.25) is 0 Å². The molecule has 2 aliphatic heterocycles. The molecule has 1 fully saturated rings. The molecule has 1 amide bonds. The summed E-state index contributed by atoms with van der Waals surface area (Å²) in [5.74, 6) is 2.94. The molecule has 0 bridgehead atoms. The zero-order chi connectivity index (χ0) is 20.6. The lowest BCUT2D eigenvalue weighted by Gasteiger charge is -2.41. The Morgan fingerprint density at radius 2 is 1.83 bits per heavy atom. The second-order valence-corrected chi connectivity index (χ2v) is 9.31. The van der Waals surface area contributed by atoms with Gasteiger partial charge in [0.15, 0.2) is 0 Å². The van der Waals surface area contributed by atoms with Crippen LogP contribution in [0.15, 0.2) is 6.07 Å². The lowest BCUT2D eigenvalue weighted by molar-refractivity contribution is -0.134. The monoisotopic (exact) mass is 398 g/mol. The Balaban J connectivity index is 1.32. The molecule has 4 heterocycles. The lowest BCUT2D eigenvalue weighted by atomic mass is 9.72. The van der Waals surface area contributed by atoms with E-state index in [0.717, 1.165) is 68.4 Å². The van der Waals surface area contributed by atoms with Crippen molar-refractivity contribution >= 4 is 5.91 Å². The number of carbonyl (C=O) groups is 1. The molecule has 0 aliphatic carbocycles. The summed E-state index contributed by atoms with van der Waals surface area (Å²) in [5, 5.41) is 13.3. The molecule has 0 aromatic carbocycles. The first-order valence-electron chi connectivity index (χ1n) is 11.1. The number of likely N-dealkylation sites (tertiary alicyclic amines) is 1. The average Bonchev–Trinajstić information content (AvgIpc) is 3.20. The van der Waals surface area contributed by atoms with E-state index in [4.69, 9.17) is 0 Å². The number of nitrogens with zero attached hydrogens (tertiary/aromatic N) is 6. The van der Waals surface area contributed by atoms with Gasteiger partial charge in [-0.3, -0.25) is 9.48 Å². The van der Waals surface area contributed by atoms with Crippen molar-refractivity contribution in [1.82, 2.24) is 29.4 Å². The van der Waals surface area contributed by atoms with Crippen molar-refractivity contribution < 1.29 is 4.79 Å². The first kappa shape index (κ1) is 20.1. The Labute approximate surface area is 173 Å². The third kappa shape index (κ3) is 4.09. The Bertz CT molecular complexity index is 872. The summed E-state index contributed by atoms with van der Waals surface area (Å²) >= 11 is 0. The van der Waals surface area contributed by atoms with Crippen LogP contribution in [0.3, 0.4) is 0 Å². The van der Waals surface area contributed by atoms with E-state index in [9.17, 15) is 4.79 Å². The maximum Gasteiger partial charge on any atom is 0.224 e. The van der Waals surface area contributed by atoms with Crippen LogP contribution in [0.1, 0.15) is 74.9 Å². The molecule has 0 radical (unpaired) electrons. The van der Waals surface area contributed by atoms with Gasteiger partial charge in [0.2, 0.25) is 5.91 Å². The number of carbonyl (C=O) groups excluding carboxylic acids is 1. The number of aryl methyl sites for hydroxylation is 4. The Kier molecular flexibility index (Phi) is 5.49. The number of hydrogen-bond acceptors (Lipinski definition) is 4. The lowest BCUT2D eigenvalue weighted by Crippen LogP contribution is -2.43. The molecule has 4 rings (SSSR count). The molecular weight excluding hydrogens is 364 g/mol. The molecule has 0 saturated carbocycles. The number of rotatable bonds is 4. The van der Waals surface area contributed by atoms with Crippen molar-refractivity contribution in [1.29, 1.82) is 0 Å². The molecule has 7 heteroatoms. The molecule has 0 atom stereocenters. The standard InChI is InChI=1S/C22H34N6O/c1-16(2)21-24-23-19-5-7-22(10-14-27(19)21)8-12-26(13-9-22)20(29)6-11-28-18(4)15-17(3)25-28/h15-16H,5-14H2,1-4H3. The molecule has 1 saturated heterocycles. The molecule has 2 aromatic heterocycles. The van der Waals surface area contributed by atoms with Crippen LogP contribution in [0.4, 0.5) is 0 Å². The van der Waals surface area contributed by atoms with Crippen molar-refractivity contribution in [3.63, 3.8) is 0 Å². The molecule has 0 unspecified atom stereocenters. The topological polar surface area (TPSA) is 68.8 Å². The zero-order valence-electron chi connectivity index (χ0n) is 18.3. The van der Waals surface area contributed by atoms with E-state index in [1.165, 1.54) is 6.42 Å². The van der Waals surface area contributed by atoms with Crippen molar-refractivity contribution in [3.05, 3.63) is 29.1 Å². The highest BCUT2D eigenvalue weighted by Gasteiger charge is 2.37. The number of amides is 1. The fraction of sp³-hybridized carbons (Fsp3) is 0.727. The van der Waals surface area contributed by atoms with Crippen molar-refractivity contribution in [2.24, 2.45) is 5.41 Å². The first-order chi connectivity index (χ1) is 13.9. The molecule has 2 aromatic rings. The van der Waals surface area contributed by atoms with E-state index in [-0.39, 0.29) is 5.91 Å². The minimum absolute atomic E-state index is 0.264. The van der Waals surface area contributed by atoms with Gasteiger partial charge in [0.05, 0.1) is 5.69 Å². The number of fused-ring (bicyclic) bond motifs is 1. The summed E-state index contributed by atoms with van der Waals surface area (Å²) in [5.41, 5.74) is 2.49. The Hall–Kier alpha value is -2.18. The van der Waals surface area contributed by atoms with E-state index in [1.807, 2.05) is 18.5 Å². The molecule has 29 heavy (non-hydrogen) atoms. The van der Waals surface area contributed by atoms with Crippen molar-refractivity contribution in [2.75, 3.05) is 13.1 Å². The van der Waals surface area contributed by atoms with Crippen molar-refractivity contribution in [2.45, 2.75) is 85.2 Å². The van der Waals surface area contributed by atoms with Gasteiger partial charge in [0.25, 0.3) is 0 Å². The number of hydrogen-bond donors (Lipinski definition) is 0. The normalized spacial score (nSPS) is 18.9. The predicted molar refractivity (Wildman–Crippen MR) is 112 cm³/mol. The second-order valence-electron chi connectivity index (χ2n) is 9.31. The summed E-state index contributed by atoms with van der Waals surface area (Å²) in [4.78, 5) is 14.8. The molecule has 158 valence electrons. The SMILES string of the molecule is Cc1cc(C)n(CCC(=O)N2CCC3(CCc4nnc(C(C)C)n4CC3)CC2)n1. The average molecular weight is 399 g/mol. The quantitative estimate of drug-likeness (QED) is 0.793. The third-order valence-electron chi connectivity index (χ3n) is 6.93. The van der Waals surface area contributed by atoms with Crippen LogP contribution < -0.4 is 0 Å². The van der Waals surface area contributed by atoms with Gasteiger partial charge >= 0.3 is 0 Å². The maximum atomic E-state index is 12.7. The maximum absolute atomic E-state index is 12.7. The summed E-state index contributed by atoms with van der Waals surface area (Å²) < 4.78 is 4.30. The van der Waals surface area contributed by atoms with Gasteiger partial charge in [-0.1, -0.05) is 13.8 Å². The highest BCUT2D eigenvalue weighted by atomic mass is 16.2. The molecular formula is C22H34N6O. The largest absolute Gasteiger partial charge is 0.343 e. The van der Waals surface area contributed by atoms with E-state index in [2.05, 4.69) is 44.7 Å². The van der Waals surface area contributed by atoms with Gasteiger partial charge in [-0.05, 0) is 51.0 Å².